The van der Waals surface area contributed by atoms with Gasteiger partial charge in [-0.3, -0.25) is 4.79 Å². The number of hydrogen-bond acceptors (Lipinski definition) is 3. The van der Waals surface area contributed by atoms with Crippen molar-refractivity contribution >= 4 is 5.91 Å². The highest BCUT2D eigenvalue weighted by Gasteiger charge is 2.10. The minimum absolute atomic E-state index is 0.112. The third kappa shape index (κ3) is 5.79. The fourth-order valence-electron chi connectivity index (χ4n) is 1.59. The minimum Gasteiger partial charge on any atom is -0.435 e. The molecule has 0 aliphatic heterocycles. The van der Waals surface area contributed by atoms with Gasteiger partial charge in [-0.05, 0) is 30.5 Å². The third-order valence-electron chi connectivity index (χ3n) is 2.62. The molecule has 1 rings (SSSR count). The number of carbonyl (C=O) groups is 1. The standard InChI is InChI=1S/C14H18F2N2O2/c1-2-3-12(17)13(19)18-9-8-10-4-6-11(7-5-10)20-14(15)16/h2,4-7,12,14H,1,3,8-9,17H2,(H,18,19). The van der Waals surface area contributed by atoms with Gasteiger partial charge in [0.15, 0.2) is 0 Å². The SMILES string of the molecule is C=CCC(N)C(=O)NCCc1ccc(OC(F)F)cc1. The number of hydrogen-bond donors (Lipinski definition) is 2. The third-order valence-corrected chi connectivity index (χ3v) is 2.62. The fourth-order valence-corrected chi connectivity index (χ4v) is 1.59. The van der Waals surface area contributed by atoms with E-state index in [2.05, 4.69) is 16.6 Å². The molecule has 1 amide bonds. The summed E-state index contributed by atoms with van der Waals surface area (Å²) in [6.45, 7) is 1.12. The molecule has 0 fully saturated rings. The largest absolute Gasteiger partial charge is 0.435 e. The molecule has 1 aromatic rings. The molecule has 1 aromatic carbocycles. The quantitative estimate of drug-likeness (QED) is 0.716. The lowest BCUT2D eigenvalue weighted by Gasteiger charge is -2.10. The van der Waals surface area contributed by atoms with E-state index in [0.29, 0.717) is 19.4 Å². The van der Waals surface area contributed by atoms with Crippen LogP contribution in [0.2, 0.25) is 0 Å². The highest BCUT2D eigenvalue weighted by molar-refractivity contribution is 5.81. The van der Waals surface area contributed by atoms with Crippen molar-refractivity contribution in [2.24, 2.45) is 5.73 Å². The molecule has 1 atom stereocenters. The van der Waals surface area contributed by atoms with Gasteiger partial charge >= 0.3 is 6.61 Å². The summed E-state index contributed by atoms with van der Waals surface area (Å²) in [4.78, 5) is 11.5. The zero-order chi connectivity index (χ0) is 15.0. The number of halogens is 2. The van der Waals surface area contributed by atoms with Crippen LogP contribution < -0.4 is 15.8 Å². The molecule has 110 valence electrons. The van der Waals surface area contributed by atoms with E-state index in [1.807, 2.05) is 0 Å². The van der Waals surface area contributed by atoms with Crippen molar-refractivity contribution in [3.8, 4) is 5.75 Å². The number of alkyl halides is 2. The Balaban J connectivity index is 2.35. The predicted molar refractivity (Wildman–Crippen MR) is 72.6 cm³/mol. The lowest BCUT2D eigenvalue weighted by Crippen LogP contribution is -2.40. The molecule has 20 heavy (non-hydrogen) atoms. The van der Waals surface area contributed by atoms with Crippen molar-refractivity contribution in [3.63, 3.8) is 0 Å². The van der Waals surface area contributed by atoms with Gasteiger partial charge in [0, 0.05) is 6.54 Å². The lowest BCUT2D eigenvalue weighted by atomic mass is 10.1. The molecule has 0 bridgehead atoms. The fraction of sp³-hybridized carbons (Fsp3) is 0.357. The van der Waals surface area contributed by atoms with Gasteiger partial charge in [0.2, 0.25) is 5.91 Å². The number of amides is 1. The Hall–Kier alpha value is -1.95. The first-order valence-corrected chi connectivity index (χ1v) is 6.21. The molecule has 0 saturated heterocycles. The second kappa shape index (κ2) is 8.27. The maximum atomic E-state index is 12.0. The van der Waals surface area contributed by atoms with Gasteiger partial charge in [-0.15, -0.1) is 6.58 Å². The van der Waals surface area contributed by atoms with Gasteiger partial charge in [0.25, 0.3) is 0 Å². The summed E-state index contributed by atoms with van der Waals surface area (Å²) in [7, 11) is 0. The second-order valence-electron chi connectivity index (χ2n) is 4.19. The minimum atomic E-state index is -2.83. The molecule has 4 nitrogen and oxygen atoms in total. The van der Waals surface area contributed by atoms with E-state index >= 15 is 0 Å². The van der Waals surface area contributed by atoms with Crippen molar-refractivity contribution in [2.45, 2.75) is 25.5 Å². The van der Waals surface area contributed by atoms with Gasteiger partial charge in [0.05, 0.1) is 6.04 Å². The van der Waals surface area contributed by atoms with E-state index < -0.39 is 12.7 Å². The highest BCUT2D eigenvalue weighted by atomic mass is 19.3. The van der Waals surface area contributed by atoms with Crippen LogP contribution in [0, 0.1) is 0 Å². The first-order valence-electron chi connectivity index (χ1n) is 6.21. The summed E-state index contributed by atoms with van der Waals surface area (Å²) >= 11 is 0. The normalized spacial score (nSPS) is 12.0. The summed E-state index contributed by atoms with van der Waals surface area (Å²) in [6, 6.07) is 5.69. The highest BCUT2D eigenvalue weighted by Crippen LogP contribution is 2.14. The Labute approximate surface area is 116 Å². The maximum absolute atomic E-state index is 12.0. The van der Waals surface area contributed by atoms with Gasteiger partial charge in [-0.1, -0.05) is 18.2 Å². The summed E-state index contributed by atoms with van der Waals surface area (Å²) < 4.78 is 28.2. The number of nitrogens with two attached hydrogens (primary N) is 1. The molecule has 1 unspecified atom stereocenters. The van der Waals surface area contributed by atoms with Gasteiger partial charge in [0.1, 0.15) is 5.75 Å². The van der Waals surface area contributed by atoms with Crippen LogP contribution in [0.3, 0.4) is 0 Å². The van der Waals surface area contributed by atoms with Crippen molar-refractivity contribution in [3.05, 3.63) is 42.5 Å². The molecule has 0 heterocycles. The monoisotopic (exact) mass is 284 g/mol. The Morgan fingerprint density at radius 3 is 2.60 bits per heavy atom. The van der Waals surface area contributed by atoms with Crippen LogP contribution >= 0.6 is 0 Å². The van der Waals surface area contributed by atoms with Crippen LogP contribution in [0.5, 0.6) is 5.75 Å². The number of rotatable bonds is 8. The van der Waals surface area contributed by atoms with Crippen molar-refractivity contribution in [1.29, 1.82) is 0 Å². The molecule has 0 aromatic heterocycles. The Bertz CT molecular complexity index is 435. The molecule has 0 saturated carbocycles. The van der Waals surface area contributed by atoms with Gasteiger partial charge in [-0.25, -0.2) is 0 Å². The van der Waals surface area contributed by atoms with Crippen LogP contribution in [0.4, 0.5) is 8.78 Å². The number of benzene rings is 1. The van der Waals surface area contributed by atoms with Crippen LogP contribution in [-0.4, -0.2) is 25.1 Å². The number of carbonyl (C=O) groups excluding carboxylic acids is 1. The van der Waals surface area contributed by atoms with E-state index in [1.54, 1.807) is 18.2 Å². The molecule has 0 aliphatic rings. The second-order valence-corrected chi connectivity index (χ2v) is 4.19. The molecule has 0 spiro atoms. The van der Waals surface area contributed by atoms with Crippen molar-refractivity contribution < 1.29 is 18.3 Å². The molecule has 3 N–H and O–H groups in total. The zero-order valence-corrected chi connectivity index (χ0v) is 11.0. The summed E-state index contributed by atoms with van der Waals surface area (Å²) in [5, 5.41) is 2.70. The van der Waals surface area contributed by atoms with Crippen molar-refractivity contribution in [1.82, 2.24) is 5.32 Å². The molecule has 6 heteroatoms. The number of nitrogens with one attached hydrogen (secondary N) is 1. The van der Waals surface area contributed by atoms with Gasteiger partial charge < -0.3 is 15.8 Å². The van der Waals surface area contributed by atoms with E-state index in [1.165, 1.54) is 12.1 Å². The predicted octanol–water partition coefficient (Wildman–Crippen LogP) is 1.85. The van der Waals surface area contributed by atoms with Crippen LogP contribution in [-0.2, 0) is 11.2 Å². The Kier molecular flexibility index (Phi) is 6.66. The average molecular weight is 284 g/mol. The molecular formula is C14H18F2N2O2. The van der Waals surface area contributed by atoms with Crippen LogP contribution in [0.25, 0.3) is 0 Å². The first-order chi connectivity index (χ1) is 9.52. The molecule has 0 aliphatic carbocycles. The van der Waals surface area contributed by atoms with E-state index in [9.17, 15) is 13.6 Å². The first kappa shape index (κ1) is 16.1. The Morgan fingerprint density at radius 1 is 1.40 bits per heavy atom. The van der Waals surface area contributed by atoms with Gasteiger partial charge in [-0.2, -0.15) is 8.78 Å². The summed E-state index contributed by atoms with van der Waals surface area (Å²) in [6.07, 6.45) is 2.60. The topological polar surface area (TPSA) is 64.4 Å². The smallest absolute Gasteiger partial charge is 0.387 e. The zero-order valence-electron chi connectivity index (χ0n) is 11.0. The van der Waals surface area contributed by atoms with E-state index in [0.717, 1.165) is 5.56 Å². The van der Waals surface area contributed by atoms with Crippen LogP contribution in [0.15, 0.2) is 36.9 Å². The summed E-state index contributed by atoms with van der Waals surface area (Å²) in [5.74, 6) is -0.122. The van der Waals surface area contributed by atoms with Crippen LogP contribution in [0.1, 0.15) is 12.0 Å². The Morgan fingerprint density at radius 2 is 2.05 bits per heavy atom. The van der Waals surface area contributed by atoms with E-state index in [-0.39, 0.29) is 11.7 Å². The maximum Gasteiger partial charge on any atom is 0.387 e. The van der Waals surface area contributed by atoms with Crippen molar-refractivity contribution in [2.75, 3.05) is 6.54 Å². The van der Waals surface area contributed by atoms with E-state index in [4.69, 9.17) is 5.73 Å². The lowest BCUT2D eigenvalue weighted by molar-refractivity contribution is -0.122. The number of ether oxygens (including phenoxy) is 1. The molecule has 0 radical (unpaired) electrons. The molecular weight excluding hydrogens is 266 g/mol. The average Bonchev–Trinajstić information content (AvgIpc) is 2.40. The summed E-state index contributed by atoms with van der Waals surface area (Å²) in [5.41, 5.74) is 6.51.